The summed E-state index contributed by atoms with van der Waals surface area (Å²) in [6.07, 6.45) is -4.86. The van der Waals surface area contributed by atoms with Gasteiger partial charge in [0.05, 0.1) is 19.8 Å². The van der Waals surface area contributed by atoms with Crippen molar-refractivity contribution in [3.63, 3.8) is 0 Å². The maximum atomic E-state index is 13.1. The second-order valence-electron chi connectivity index (χ2n) is 5.09. The number of hydrogen-bond acceptors (Lipinski definition) is 3. The van der Waals surface area contributed by atoms with E-state index in [1.165, 1.54) is 6.92 Å². The quantitative estimate of drug-likeness (QED) is 0.756. The minimum atomic E-state index is -4.60. The highest BCUT2D eigenvalue weighted by Gasteiger charge is 2.76. The molecule has 0 aliphatic heterocycles. The van der Waals surface area contributed by atoms with Gasteiger partial charge >= 0.3 is 12.1 Å². The lowest BCUT2D eigenvalue weighted by Gasteiger charge is -2.19. The summed E-state index contributed by atoms with van der Waals surface area (Å²) in [5, 5.41) is 0. The molecular weight excluding hydrogens is 285 g/mol. The standard InChI is InChI=1S/C15H17F3O3/c1-2-21-13(19)14(15(16,17)18)8-12(14)10-20-9-11-6-4-3-5-7-11/h3-7,12H,2,8-10H2,1H3. The lowest BCUT2D eigenvalue weighted by atomic mass is 10.0. The third-order valence-corrected chi connectivity index (χ3v) is 3.68. The zero-order valence-electron chi connectivity index (χ0n) is 11.7. The monoisotopic (exact) mass is 302 g/mol. The van der Waals surface area contributed by atoms with Crippen LogP contribution < -0.4 is 0 Å². The maximum Gasteiger partial charge on any atom is 0.405 e. The predicted octanol–water partition coefficient (Wildman–Crippen LogP) is 3.33. The van der Waals surface area contributed by atoms with Crippen LogP contribution in [0.1, 0.15) is 18.9 Å². The van der Waals surface area contributed by atoms with Gasteiger partial charge in [0.2, 0.25) is 0 Å². The highest BCUT2D eigenvalue weighted by atomic mass is 19.4. The third kappa shape index (κ3) is 3.20. The fraction of sp³-hybridized carbons (Fsp3) is 0.533. The van der Waals surface area contributed by atoms with Crippen molar-refractivity contribution in [1.29, 1.82) is 0 Å². The average molecular weight is 302 g/mol. The molecule has 21 heavy (non-hydrogen) atoms. The second kappa shape index (κ2) is 6.05. The summed E-state index contributed by atoms with van der Waals surface area (Å²) in [4.78, 5) is 11.6. The molecule has 0 aromatic heterocycles. The molecule has 1 aliphatic rings. The minimum Gasteiger partial charge on any atom is -0.465 e. The van der Waals surface area contributed by atoms with Crippen molar-refractivity contribution in [2.24, 2.45) is 11.3 Å². The topological polar surface area (TPSA) is 35.5 Å². The first-order valence-electron chi connectivity index (χ1n) is 6.77. The number of rotatable bonds is 6. The minimum absolute atomic E-state index is 0.0613. The maximum absolute atomic E-state index is 13.1. The highest BCUT2D eigenvalue weighted by Crippen LogP contribution is 2.63. The van der Waals surface area contributed by atoms with Crippen molar-refractivity contribution >= 4 is 5.97 Å². The molecule has 1 aromatic rings. The van der Waals surface area contributed by atoms with Gasteiger partial charge in [0, 0.05) is 5.92 Å². The first kappa shape index (κ1) is 15.8. The van der Waals surface area contributed by atoms with E-state index in [0.29, 0.717) is 0 Å². The molecule has 1 aromatic carbocycles. The molecule has 0 bridgehead atoms. The van der Waals surface area contributed by atoms with Crippen LogP contribution in [0.25, 0.3) is 0 Å². The molecule has 1 fully saturated rings. The third-order valence-electron chi connectivity index (χ3n) is 3.68. The number of hydrogen-bond donors (Lipinski definition) is 0. The van der Waals surface area contributed by atoms with E-state index >= 15 is 0 Å². The number of carbonyl (C=O) groups is 1. The van der Waals surface area contributed by atoms with Crippen LogP contribution >= 0.6 is 0 Å². The van der Waals surface area contributed by atoms with Crippen LogP contribution in [0, 0.1) is 11.3 Å². The Hall–Kier alpha value is -1.56. The SMILES string of the molecule is CCOC(=O)C1(C(F)(F)F)CC1COCc1ccccc1. The van der Waals surface area contributed by atoms with Gasteiger partial charge in [-0.2, -0.15) is 13.2 Å². The van der Waals surface area contributed by atoms with Crippen molar-refractivity contribution in [2.75, 3.05) is 13.2 Å². The van der Waals surface area contributed by atoms with Crippen LogP contribution in [0.15, 0.2) is 30.3 Å². The lowest BCUT2D eigenvalue weighted by Crippen LogP contribution is -2.37. The molecule has 2 atom stereocenters. The Morgan fingerprint density at radius 1 is 1.33 bits per heavy atom. The van der Waals surface area contributed by atoms with Crippen LogP contribution in [-0.4, -0.2) is 25.4 Å². The molecule has 2 rings (SSSR count). The molecule has 0 heterocycles. The Labute approximate surface area is 121 Å². The smallest absolute Gasteiger partial charge is 0.405 e. The van der Waals surface area contributed by atoms with E-state index in [2.05, 4.69) is 4.74 Å². The van der Waals surface area contributed by atoms with Gasteiger partial charge in [-0.3, -0.25) is 4.79 Å². The first-order chi connectivity index (χ1) is 9.91. The number of ether oxygens (including phenoxy) is 2. The number of benzene rings is 1. The summed E-state index contributed by atoms with van der Waals surface area (Å²) < 4.78 is 49.2. The molecule has 1 saturated carbocycles. The van der Waals surface area contributed by atoms with Crippen molar-refractivity contribution in [1.82, 2.24) is 0 Å². The zero-order chi connectivity index (χ0) is 15.5. The molecular formula is C15H17F3O3. The van der Waals surface area contributed by atoms with Gasteiger partial charge < -0.3 is 9.47 Å². The summed E-state index contributed by atoms with van der Waals surface area (Å²) in [5.41, 5.74) is -1.49. The molecule has 2 unspecified atom stereocenters. The van der Waals surface area contributed by atoms with Crippen molar-refractivity contribution < 1.29 is 27.4 Å². The van der Waals surface area contributed by atoms with Gasteiger partial charge in [-0.05, 0) is 18.9 Å². The van der Waals surface area contributed by atoms with Crippen LogP contribution in [-0.2, 0) is 20.9 Å². The fourth-order valence-corrected chi connectivity index (χ4v) is 2.40. The summed E-state index contributed by atoms with van der Waals surface area (Å²) in [5.74, 6) is -2.05. The molecule has 116 valence electrons. The van der Waals surface area contributed by atoms with Gasteiger partial charge in [-0.25, -0.2) is 0 Å². The molecule has 6 heteroatoms. The molecule has 0 radical (unpaired) electrons. The summed E-state index contributed by atoms with van der Waals surface area (Å²) >= 11 is 0. The Kier molecular flexibility index (Phi) is 4.56. The Bertz CT molecular complexity index is 487. The predicted molar refractivity (Wildman–Crippen MR) is 69.3 cm³/mol. The van der Waals surface area contributed by atoms with Crippen molar-refractivity contribution in [3.05, 3.63) is 35.9 Å². The van der Waals surface area contributed by atoms with E-state index in [-0.39, 0.29) is 26.2 Å². The second-order valence-corrected chi connectivity index (χ2v) is 5.09. The van der Waals surface area contributed by atoms with Crippen molar-refractivity contribution in [3.8, 4) is 0 Å². The summed E-state index contributed by atoms with van der Waals surface area (Å²) in [7, 11) is 0. The van der Waals surface area contributed by atoms with Gasteiger partial charge in [0.15, 0.2) is 5.41 Å². The summed E-state index contributed by atoms with van der Waals surface area (Å²) in [6, 6.07) is 9.16. The van der Waals surface area contributed by atoms with Gasteiger partial charge in [0.25, 0.3) is 0 Å². The van der Waals surface area contributed by atoms with Crippen LogP contribution in [0.5, 0.6) is 0 Å². The number of halogens is 3. The molecule has 0 spiro atoms. The normalized spacial score (nSPS) is 24.7. The van der Waals surface area contributed by atoms with Gasteiger partial charge in [-0.1, -0.05) is 30.3 Å². The van der Waals surface area contributed by atoms with Crippen LogP contribution in [0.2, 0.25) is 0 Å². The number of esters is 1. The van der Waals surface area contributed by atoms with Gasteiger partial charge in [0.1, 0.15) is 0 Å². The van der Waals surface area contributed by atoms with E-state index in [1.807, 2.05) is 30.3 Å². The van der Waals surface area contributed by atoms with E-state index in [9.17, 15) is 18.0 Å². The zero-order valence-corrected chi connectivity index (χ0v) is 11.7. The molecule has 0 saturated heterocycles. The lowest BCUT2D eigenvalue weighted by molar-refractivity contribution is -0.211. The Balaban J connectivity index is 1.91. The molecule has 0 amide bonds. The fourth-order valence-electron chi connectivity index (χ4n) is 2.40. The van der Waals surface area contributed by atoms with E-state index in [1.54, 1.807) is 0 Å². The molecule has 1 aliphatic carbocycles. The first-order valence-corrected chi connectivity index (χ1v) is 6.77. The summed E-state index contributed by atoms with van der Waals surface area (Å²) in [6.45, 7) is 1.56. The molecule has 3 nitrogen and oxygen atoms in total. The average Bonchev–Trinajstić information content (AvgIpc) is 3.16. The van der Waals surface area contributed by atoms with E-state index < -0.39 is 23.5 Å². The number of carbonyl (C=O) groups excluding carboxylic acids is 1. The largest absolute Gasteiger partial charge is 0.465 e. The Morgan fingerprint density at radius 3 is 2.57 bits per heavy atom. The molecule has 0 N–H and O–H groups in total. The van der Waals surface area contributed by atoms with Crippen molar-refractivity contribution in [2.45, 2.75) is 26.1 Å². The van der Waals surface area contributed by atoms with E-state index in [0.717, 1.165) is 5.56 Å². The highest BCUT2D eigenvalue weighted by molar-refractivity contribution is 5.81. The Morgan fingerprint density at radius 2 is 2.00 bits per heavy atom. The van der Waals surface area contributed by atoms with Crippen LogP contribution in [0.4, 0.5) is 13.2 Å². The van der Waals surface area contributed by atoms with Crippen LogP contribution in [0.3, 0.4) is 0 Å². The van der Waals surface area contributed by atoms with E-state index in [4.69, 9.17) is 4.74 Å². The number of alkyl halides is 3. The van der Waals surface area contributed by atoms with Gasteiger partial charge in [-0.15, -0.1) is 0 Å².